The summed E-state index contributed by atoms with van der Waals surface area (Å²) >= 11 is 0. The van der Waals surface area contributed by atoms with Crippen molar-refractivity contribution in [3.63, 3.8) is 0 Å². The Morgan fingerprint density at radius 2 is 1.78 bits per heavy atom. The second-order valence-corrected chi connectivity index (χ2v) is 11.2. The molecule has 0 aromatic heterocycles. The highest BCUT2D eigenvalue weighted by molar-refractivity contribution is 7.91. The third kappa shape index (κ3) is 3.25. The first-order chi connectivity index (χ1) is 12.8. The average Bonchev–Trinajstić information content (AvgIpc) is 2.77. The summed E-state index contributed by atoms with van der Waals surface area (Å²) in [6.07, 6.45) is 1.97. The van der Waals surface area contributed by atoms with Gasteiger partial charge in [0.2, 0.25) is 6.29 Å². The highest BCUT2D eigenvalue weighted by Gasteiger charge is 2.65. The molecule has 4 rings (SSSR count). The second-order valence-electron chi connectivity index (χ2n) is 8.86. The summed E-state index contributed by atoms with van der Waals surface area (Å²) < 4.78 is 30.1. The van der Waals surface area contributed by atoms with Crippen molar-refractivity contribution in [2.75, 3.05) is 38.2 Å². The molecule has 9 heteroatoms. The van der Waals surface area contributed by atoms with Crippen LogP contribution in [0.4, 0.5) is 0 Å². The lowest BCUT2D eigenvalue weighted by atomic mass is 9.58. The van der Waals surface area contributed by atoms with Gasteiger partial charge in [-0.15, -0.1) is 0 Å². The van der Waals surface area contributed by atoms with E-state index in [4.69, 9.17) is 14.5 Å². The quantitative estimate of drug-likeness (QED) is 0.542. The fourth-order valence-electron chi connectivity index (χ4n) is 5.90. The van der Waals surface area contributed by atoms with Crippen LogP contribution in [-0.2, 0) is 24.3 Å². The maximum Gasteiger partial charge on any atom is 0.212 e. The Morgan fingerprint density at radius 3 is 2.44 bits per heavy atom. The molecule has 3 saturated heterocycles. The van der Waals surface area contributed by atoms with Crippen molar-refractivity contribution in [1.82, 2.24) is 9.96 Å². The summed E-state index contributed by atoms with van der Waals surface area (Å²) in [5, 5.41) is 11.9. The first-order valence-electron chi connectivity index (χ1n) is 10.1. The average molecular weight is 405 g/mol. The minimum atomic E-state index is -2.95. The van der Waals surface area contributed by atoms with Gasteiger partial charge in [-0.1, -0.05) is 13.8 Å². The van der Waals surface area contributed by atoms with Gasteiger partial charge in [0.1, 0.15) is 6.23 Å². The molecule has 8 nitrogen and oxygen atoms in total. The SMILES string of the molecule is C[C@H]1[C@H](N2CCS(=O)(=O)CC2)O[C@@H]2ON(C)CC[C@H]3[C@H](C)CC[C@@H]1[C@@]23OO. The molecule has 0 aromatic carbocycles. The van der Waals surface area contributed by atoms with E-state index in [1.807, 2.05) is 7.05 Å². The predicted octanol–water partition coefficient (Wildman–Crippen LogP) is 1.19. The van der Waals surface area contributed by atoms with E-state index in [1.54, 1.807) is 5.06 Å². The summed E-state index contributed by atoms with van der Waals surface area (Å²) in [5.74, 6) is 1.10. The number of nitrogens with zero attached hydrogens (tertiary/aromatic N) is 2. The Balaban J connectivity index is 1.66. The van der Waals surface area contributed by atoms with Gasteiger partial charge >= 0.3 is 0 Å². The summed E-state index contributed by atoms with van der Waals surface area (Å²) in [7, 11) is -1.07. The number of hydrogen-bond acceptors (Lipinski definition) is 8. The van der Waals surface area contributed by atoms with Crippen LogP contribution in [0.2, 0.25) is 0 Å². The molecule has 7 atom stereocenters. The Labute approximate surface area is 161 Å². The van der Waals surface area contributed by atoms with E-state index in [1.165, 1.54) is 0 Å². The predicted molar refractivity (Wildman–Crippen MR) is 98.2 cm³/mol. The van der Waals surface area contributed by atoms with Gasteiger partial charge in [-0.05, 0) is 25.2 Å². The van der Waals surface area contributed by atoms with Crippen LogP contribution in [0.5, 0.6) is 0 Å². The van der Waals surface area contributed by atoms with Crippen LogP contribution in [0.3, 0.4) is 0 Å². The fourth-order valence-corrected chi connectivity index (χ4v) is 7.13. The zero-order valence-electron chi connectivity index (χ0n) is 16.4. The van der Waals surface area contributed by atoms with Crippen LogP contribution >= 0.6 is 0 Å². The lowest BCUT2D eigenvalue weighted by Gasteiger charge is -2.59. The monoisotopic (exact) mass is 404 g/mol. The first-order valence-corrected chi connectivity index (χ1v) is 11.9. The minimum absolute atomic E-state index is 0.0949. The maximum absolute atomic E-state index is 11.8. The molecular formula is C18H32N2O6S. The molecule has 0 radical (unpaired) electrons. The number of hydroxylamine groups is 2. The molecule has 156 valence electrons. The first kappa shape index (κ1) is 20.0. The van der Waals surface area contributed by atoms with E-state index >= 15 is 0 Å². The number of hydrogen-bond donors (Lipinski definition) is 1. The van der Waals surface area contributed by atoms with E-state index in [9.17, 15) is 13.7 Å². The Bertz CT molecular complexity index is 646. The zero-order chi connectivity index (χ0) is 19.4. The highest BCUT2D eigenvalue weighted by atomic mass is 32.2. The van der Waals surface area contributed by atoms with Crippen LogP contribution in [0.25, 0.3) is 0 Å². The molecule has 3 heterocycles. The standard InChI is InChI=1S/C18H32N2O6S/c1-12-4-5-15-13(2)16(20-8-10-27(22,23)11-9-20)24-17-18(15,26-21)14(12)6-7-19(3)25-17/h12-17,21H,4-11H2,1-3H3/t12-,13-,14+,15+,16-,17-,18-/m1/s1. The molecule has 4 fully saturated rings. The van der Waals surface area contributed by atoms with Crippen LogP contribution < -0.4 is 0 Å². The Kier molecular flexibility index (Phi) is 5.33. The van der Waals surface area contributed by atoms with Crippen molar-refractivity contribution >= 4 is 9.84 Å². The molecule has 0 spiro atoms. The van der Waals surface area contributed by atoms with Crippen LogP contribution in [0.1, 0.15) is 33.1 Å². The molecular weight excluding hydrogens is 372 g/mol. The van der Waals surface area contributed by atoms with E-state index in [2.05, 4.69) is 18.7 Å². The fraction of sp³-hybridized carbons (Fsp3) is 1.00. The molecule has 0 aromatic rings. The Morgan fingerprint density at radius 1 is 1.07 bits per heavy atom. The number of sulfone groups is 1. The van der Waals surface area contributed by atoms with Crippen molar-refractivity contribution in [1.29, 1.82) is 0 Å². The molecule has 1 N–H and O–H groups in total. The van der Waals surface area contributed by atoms with E-state index < -0.39 is 21.7 Å². The molecule has 1 aliphatic carbocycles. The van der Waals surface area contributed by atoms with Gasteiger partial charge in [-0.2, -0.15) is 5.06 Å². The molecule has 0 amide bonds. The molecule has 4 aliphatic rings. The smallest absolute Gasteiger partial charge is 0.212 e. The van der Waals surface area contributed by atoms with Crippen molar-refractivity contribution < 1.29 is 28.1 Å². The normalized spacial score (nSPS) is 48.6. The number of rotatable bonds is 2. The lowest BCUT2D eigenvalue weighted by Crippen LogP contribution is -2.70. The summed E-state index contributed by atoms with van der Waals surface area (Å²) in [5.41, 5.74) is -0.875. The zero-order valence-corrected chi connectivity index (χ0v) is 17.2. The third-order valence-corrected chi connectivity index (χ3v) is 9.03. The maximum atomic E-state index is 11.8. The second kappa shape index (κ2) is 7.19. The van der Waals surface area contributed by atoms with Crippen LogP contribution in [-0.4, -0.2) is 79.9 Å². The highest BCUT2D eigenvalue weighted by Crippen LogP contribution is 2.56. The molecule has 0 bridgehead atoms. The van der Waals surface area contributed by atoms with E-state index in [0.29, 0.717) is 19.0 Å². The summed E-state index contributed by atoms with van der Waals surface area (Å²) in [6.45, 7) is 6.06. The minimum Gasteiger partial charge on any atom is -0.329 e. The number of ether oxygens (including phenoxy) is 1. The van der Waals surface area contributed by atoms with Gasteiger partial charge in [-0.3, -0.25) is 15.0 Å². The van der Waals surface area contributed by atoms with Crippen molar-refractivity contribution in [3.05, 3.63) is 0 Å². The van der Waals surface area contributed by atoms with Crippen molar-refractivity contribution in [2.45, 2.75) is 51.2 Å². The van der Waals surface area contributed by atoms with Gasteiger partial charge in [0.05, 0.1) is 11.5 Å². The topological polar surface area (TPSA) is 88.5 Å². The van der Waals surface area contributed by atoms with E-state index in [-0.39, 0.29) is 35.5 Å². The van der Waals surface area contributed by atoms with E-state index in [0.717, 1.165) is 25.8 Å². The van der Waals surface area contributed by atoms with Gasteiger partial charge in [0.15, 0.2) is 15.4 Å². The van der Waals surface area contributed by atoms with Crippen LogP contribution in [0.15, 0.2) is 0 Å². The summed E-state index contributed by atoms with van der Waals surface area (Å²) in [6, 6.07) is 0. The molecule has 1 saturated carbocycles. The van der Waals surface area contributed by atoms with Gasteiger partial charge < -0.3 is 4.74 Å². The van der Waals surface area contributed by atoms with Crippen LogP contribution in [0, 0.1) is 23.7 Å². The van der Waals surface area contributed by atoms with Gasteiger partial charge in [0.25, 0.3) is 0 Å². The van der Waals surface area contributed by atoms with Gasteiger partial charge in [0, 0.05) is 44.4 Å². The van der Waals surface area contributed by atoms with Gasteiger partial charge in [-0.25, -0.2) is 13.3 Å². The Hall–Kier alpha value is -0.290. The van der Waals surface area contributed by atoms with Crippen molar-refractivity contribution in [3.8, 4) is 0 Å². The largest absolute Gasteiger partial charge is 0.329 e. The lowest BCUT2D eigenvalue weighted by molar-refractivity contribution is -0.466. The summed E-state index contributed by atoms with van der Waals surface area (Å²) in [4.78, 5) is 13.5. The molecule has 0 unspecified atom stereocenters. The molecule has 27 heavy (non-hydrogen) atoms. The third-order valence-electron chi connectivity index (χ3n) is 7.42. The molecule has 3 aliphatic heterocycles. The van der Waals surface area contributed by atoms with Crippen molar-refractivity contribution in [2.24, 2.45) is 23.7 Å².